The quantitative estimate of drug-likeness (QED) is 0.794. The van der Waals surface area contributed by atoms with Crippen molar-refractivity contribution in [3.05, 3.63) is 27.7 Å². The van der Waals surface area contributed by atoms with E-state index in [4.69, 9.17) is 4.74 Å². The molecule has 0 aliphatic rings. The second-order valence-electron chi connectivity index (χ2n) is 4.04. The molecule has 16 heavy (non-hydrogen) atoms. The first-order valence-electron chi connectivity index (χ1n) is 5.07. The predicted octanol–water partition coefficient (Wildman–Crippen LogP) is 4.49. The van der Waals surface area contributed by atoms with E-state index in [-0.39, 0.29) is 13.0 Å². The number of ether oxygens (including phenoxy) is 1. The summed E-state index contributed by atoms with van der Waals surface area (Å²) < 4.78 is 31.5. The highest BCUT2D eigenvalue weighted by molar-refractivity contribution is 9.10. The Morgan fingerprint density at radius 2 is 1.88 bits per heavy atom. The summed E-state index contributed by atoms with van der Waals surface area (Å²) >= 11 is 3.40. The summed E-state index contributed by atoms with van der Waals surface area (Å²) in [6.45, 7) is 4.76. The molecular weight excluding hydrogens is 278 g/mol. The van der Waals surface area contributed by atoms with Crippen LogP contribution in [0.4, 0.5) is 8.78 Å². The molecule has 0 heterocycles. The summed E-state index contributed by atoms with van der Waals surface area (Å²) in [5, 5.41) is 0. The van der Waals surface area contributed by atoms with E-state index in [2.05, 4.69) is 15.9 Å². The fraction of sp³-hybridized carbons (Fsp3) is 0.500. The summed E-state index contributed by atoms with van der Waals surface area (Å²) in [6, 6.07) is 3.78. The van der Waals surface area contributed by atoms with Gasteiger partial charge in [-0.2, -0.15) is 0 Å². The van der Waals surface area contributed by atoms with E-state index in [0.29, 0.717) is 5.75 Å². The highest BCUT2D eigenvalue weighted by atomic mass is 79.9. The lowest BCUT2D eigenvalue weighted by Crippen LogP contribution is -2.14. The summed E-state index contributed by atoms with van der Waals surface area (Å²) in [4.78, 5) is 0. The molecular formula is C12H15BrF2O. The van der Waals surface area contributed by atoms with Crippen molar-refractivity contribution in [1.29, 1.82) is 0 Å². The number of hydrogen-bond donors (Lipinski definition) is 0. The Balaban J connectivity index is 2.64. The van der Waals surface area contributed by atoms with Gasteiger partial charge in [-0.15, -0.1) is 0 Å². The maximum atomic E-state index is 12.6. The van der Waals surface area contributed by atoms with Crippen LogP contribution in [0.3, 0.4) is 0 Å². The van der Waals surface area contributed by atoms with Crippen molar-refractivity contribution >= 4 is 15.9 Å². The Bertz CT molecular complexity index is 372. The van der Waals surface area contributed by atoms with Gasteiger partial charge in [0.05, 0.1) is 6.61 Å². The third-order valence-corrected chi connectivity index (χ3v) is 3.11. The summed E-state index contributed by atoms with van der Waals surface area (Å²) in [6.07, 6.45) is -0.262. The van der Waals surface area contributed by atoms with Crippen LogP contribution in [0, 0.1) is 13.8 Å². The van der Waals surface area contributed by atoms with Gasteiger partial charge in [0.1, 0.15) is 5.75 Å². The van der Waals surface area contributed by atoms with Crippen molar-refractivity contribution in [3.8, 4) is 5.75 Å². The minimum absolute atomic E-state index is 0.0331. The van der Waals surface area contributed by atoms with E-state index in [1.54, 1.807) is 0 Å². The number of rotatable bonds is 4. The van der Waals surface area contributed by atoms with Crippen LogP contribution in [-0.4, -0.2) is 12.5 Å². The van der Waals surface area contributed by atoms with E-state index < -0.39 is 5.92 Å². The maximum Gasteiger partial charge on any atom is 0.248 e. The molecule has 0 bridgehead atoms. The number of halogens is 3. The van der Waals surface area contributed by atoms with E-state index >= 15 is 0 Å². The zero-order valence-electron chi connectivity index (χ0n) is 9.61. The van der Waals surface area contributed by atoms with Crippen LogP contribution in [-0.2, 0) is 0 Å². The molecule has 0 saturated heterocycles. The lowest BCUT2D eigenvalue weighted by Gasteiger charge is -2.13. The van der Waals surface area contributed by atoms with Crippen LogP contribution in [0.5, 0.6) is 5.75 Å². The SMILES string of the molecule is Cc1cc(OCCC(C)(F)F)c(C)cc1Br. The topological polar surface area (TPSA) is 9.23 Å². The molecule has 0 N–H and O–H groups in total. The van der Waals surface area contributed by atoms with Gasteiger partial charge < -0.3 is 4.74 Å². The highest BCUT2D eigenvalue weighted by Gasteiger charge is 2.20. The van der Waals surface area contributed by atoms with Gasteiger partial charge in [-0.3, -0.25) is 0 Å². The largest absolute Gasteiger partial charge is 0.493 e. The Labute approximate surface area is 103 Å². The van der Waals surface area contributed by atoms with Gasteiger partial charge >= 0.3 is 0 Å². The zero-order chi connectivity index (χ0) is 12.3. The fourth-order valence-electron chi connectivity index (χ4n) is 1.25. The molecule has 0 saturated carbocycles. The Kier molecular flexibility index (Phi) is 4.30. The number of hydrogen-bond acceptors (Lipinski definition) is 1. The minimum Gasteiger partial charge on any atom is -0.493 e. The Hall–Kier alpha value is -0.640. The van der Waals surface area contributed by atoms with Crippen LogP contribution in [0.15, 0.2) is 16.6 Å². The molecule has 0 aliphatic heterocycles. The van der Waals surface area contributed by atoms with Crippen molar-refractivity contribution in [2.45, 2.75) is 33.1 Å². The summed E-state index contributed by atoms with van der Waals surface area (Å²) in [5.74, 6) is -2.00. The Morgan fingerprint density at radius 3 is 2.44 bits per heavy atom. The van der Waals surface area contributed by atoms with Crippen molar-refractivity contribution in [2.24, 2.45) is 0 Å². The van der Waals surface area contributed by atoms with Crippen LogP contribution in [0.2, 0.25) is 0 Å². The van der Waals surface area contributed by atoms with Crippen molar-refractivity contribution in [2.75, 3.05) is 6.61 Å². The van der Waals surface area contributed by atoms with Crippen LogP contribution in [0.1, 0.15) is 24.5 Å². The second-order valence-corrected chi connectivity index (χ2v) is 4.89. The molecule has 0 aromatic heterocycles. The zero-order valence-corrected chi connectivity index (χ0v) is 11.2. The summed E-state index contributed by atoms with van der Waals surface area (Å²) in [5.41, 5.74) is 1.97. The molecule has 0 spiro atoms. The molecule has 90 valence electrons. The maximum absolute atomic E-state index is 12.6. The molecule has 1 nitrogen and oxygen atoms in total. The van der Waals surface area contributed by atoms with Gasteiger partial charge in [0.2, 0.25) is 5.92 Å². The van der Waals surface area contributed by atoms with Gasteiger partial charge in [0.15, 0.2) is 0 Å². The van der Waals surface area contributed by atoms with Crippen molar-refractivity contribution in [1.82, 2.24) is 0 Å². The monoisotopic (exact) mass is 292 g/mol. The molecule has 0 atom stereocenters. The van der Waals surface area contributed by atoms with Gasteiger partial charge in [-0.05, 0) is 44.0 Å². The fourth-order valence-corrected chi connectivity index (χ4v) is 1.71. The molecule has 1 aromatic carbocycles. The Morgan fingerprint density at radius 1 is 1.25 bits per heavy atom. The van der Waals surface area contributed by atoms with Crippen LogP contribution >= 0.6 is 15.9 Å². The lowest BCUT2D eigenvalue weighted by atomic mass is 10.1. The van der Waals surface area contributed by atoms with E-state index in [9.17, 15) is 8.78 Å². The van der Waals surface area contributed by atoms with Crippen molar-refractivity contribution in [3.63, 3.8) is 0 Å². The normalized spacial score (nSPS) is 11.6. The standard InChI is InChI=1S/C12H15BrF2O/c1-8-7-11(9(2)6-10(8)13)16-5-4-12(3,14)15/h6-7H,4-5H2,1-3H3. The molecule has 0 unspecified atom stereocenters. The third kappa shape index (κ3) is 4.08. The first-order chi connectivity index (χ1) is 7.29. The van der Waals surface area contributed by atoms with E-state index in [0.717, 1.165) is 22.5 Å². The first kappa shape index (κ1) is 13.4. The average Bonchev–Trinajstić information content (AvgIpc) is 2.11. The minimum atomic E-state index is -2.67. The first-order valence-corrected chi connectivity index (χ1v) is 5.86. The second kappa shape index (κ2) is 5.13. The summed E-state index contributed by atoms with van der Waals surface area (Å²) in [7, 11) is 0. The van der Waals surface area contributed by atoms with E-state index in [1.807, 2.05) is 26.0 Å². The smallest absolute Gasteiger partial charge is 0.248 e. The molecule has 4 heteroatoms. The van der Waals surface area contributed by atoms with Gasteiger partial charge in [-0.25, -0.2) is 8.78 Å². The van der Waals surface area contributed by atoms with Crippen LogP contribution < -0.4 is 4.74 Å². The number of benzene rings is 1. The lowest BCUT2D eigenvalue weighted by molar-refractivity contribution is 0.000789. The van der Waals surface area contributed by atoms with Gasteiger partial charge in [0, 0.05) is 10.9 Å². The van der Waals surface area contributed by atoms with Gasteiger partial charge in [0.25, 0.3) is 0 Å². The molecule has 0 amide bonds. The highest BCUT2D eigenvalue weighted by Crippen LogP contribution is 2.27. The number of aryl methyl sites for hydroxylation is 2. The molecule has 0 fully saturated rings. The predicted molar refractivity (Wildman–Crippen MR) is 64.3 cm³/mol. The average molecular weight is 293 g/mol. The van der Waals surface area contributed by atoms with Crippen molar-refractivity contribution < 1.29 is 13.5 Å². The molecule has 1 rings (SSSR count). The van der Waals surface area contributed by atoms with Crippen LogP contribution in [0.25, 0.3) is 0 Å². The van der Waals surface area contributed by atoms with E-state index in [1.165, 1.54) is 0 Å². The molecule has 0 radical (unpaired) electrons. The third-order valence-electron chi connectivity index (χ3n) is 2.25. The number of alkyl halides is 2. The van der Waals surface area contributed by atoms with Gasteiger partial charge in [-0.1, -0.05) is 15.9 Å². The molecule has 1 aromatic rings. The molecule has 0 aliphatic carbocycles.